The molecule has 13 heavy (non-hydrogen) atoms. The van der Waals surface area contributed by atoms with Gasteiger partial charge in [0.2, 0.25) is 10.0 Å². The Morgan fingerprint density at radius 2 is 2.08 bits per heavy atom. The molecule has 0 spiro atoms. The van der Waals surface area contributed by atoms with Crippen LogP contribution in [-0.2, 0) is 10.0 Å². The Kier molecular flexibility index (Phi) is 2.44. The van der Waals surface area contributed by atoms with Gasteiger partial charge in [-0.05, 0) is 12.1 Å². The van der Waals surface area contributed by atoms with Crippen LogP contribution in [0.1, 0.15) is 0 Å². The molecule has 0 atom stereocenters. The number of para-hydroxylation sites is 1. The lowest BCUT2D eigenvalue weighted by atomic mass is 10.3. The van der Waals surface area contributed by atoms with E-state index in [4.69, 9.17) is 9.88 Å². The van der Waals surface area contributed by atoms with Crippen LogP contribution in [0.2, 0.25) is 0 Å². The normalized spacial score (nSPS) is 11.2. The fourth-order valence-corrected chi connectivity index (χ4v) is 1.65. The molecule has 0 aromatic heterocycles. The largest absolute Gasteiger partial charge is 0.504 e. The van der Waals surface area contributed by atoms with Crippen LogP contribution in [-0.4, -0.2) is 20.6 Å². The minimum absolute atomic E-state index is 0.134. The van der Waals surface area contributed by atoms with Crippen molar-refractivity contribution < 1.29 is 18.3 Å². The van der Waals surface area contributed by atoms with E-state index in [1.54, 1.807) is 0 Å². The van der Waals surface area contributed by atoms with Crippen molar-refractivity contribution in [2.45, 2.75) is 4.90 Å². The summed E-state index contributed by atoms with van der Waals surface area (Å²) < 4.78 is 26.6. The number of sulfonamides is 1. The molecule has 1 aromatic carbocycles. The van der Waals surface area contributed by atoms with Gasteiger partial charge in [-0.1, -0.05) is 6.07 Å². The van der Waals surface area contributed by atoms with Crippen LogP contribution in [0.3, 0.4) is 0 Å². The molecule has 5 nitrogen and oxygen atoms in total. The summed E-state index contributed by atoms with van der Waals surface area (Å²) in [5.41, 5.74) is 0. The molecular weight excluding hydrogens is 194 g/mol. The van der Waals surface area contributed by atoms with E-state index in [2.05, 4.69) is 0 Å². The van der Waals surface area contributed by atoms with E-state index in [-0.39, 0.29) is 16.4 Å². The second kappa shape index (κ2) is 3.23. The summed E-state index contributed by atoms with van der Waals surface area (Å²) in [7, 11) is -2.60. The minimum Gasteiger partial charge on any atom is -0.504 e. The number of primary sulfonamides is 1. The molecular formula is C7H9NO4S. The zero-order chi connectivity index (χ0) is 10.1. The smallest absolute Gasteiger partial charge is 0.241 e. The number of rotatable bonds is 2. The van der Waals surface area contributed by atoms with E-state index < -0.39 is 10.0 Å². The molecule has 0 unspecified atom stereocenters. The number of ether oxygens (including phenoxy) is 1. The molecule has 1 rings (SSSR count). The van der Waals surface area contributed by atoms with Gasteiger partial charge in [0.1, 0.15) is 4.90 Å². The molecule has 1 aromatic rings. The molecule has 0 aliphatic heterocycles. The lowest BCUT2D eigenvalue weighted by molar-refractivity contribution is 0.363. The van der Waals surface area contributed by atoms with Gasteiger partial charge in [-0.15, -0.1) is 0 Å². The summed E-state index contributed by atoms with van der Waals surface area (Å²) in [6.07, 6.45) is 0. The average molecular weight is 203 g/mol. The Balaban J connectivity index is 3.47. The highest BCUT2D eigenvalue weighted by Gasteiger charge is 2.17. The predicted octanol–water partition coefficient (Wildman–Crippen LogP) is 0.0482. The second-order valence-corrected chi connectivity index (χ2v) is 3.88. The van der Waals surface area contributed by atoms with Crippen LogP contribution < -0.4 is 9.88 Å². The molecule has 0 heterocycles. The summed E-state index contributed by atoms with van der Waals surface area (Å²) >= 11 is 0. The van der Waals surface area contributed by atoms with Crippen molar-refractivity contribution >= 4 is 10.0 Å². The van der Waals surface area contributed by atoms with Gasteiger partial charge in [-0.25, -0.2) is 13.6 Å². The van der Waals surface area contributed by atoms with Gasteiger partial charge in [0.15, 0.2) is 11.5 Å². The molecule has 0 radical (unpaired) electrons. The van der Waals surface area contributed by atoms with Crippen LogP contribution in [0.4, 0.5) is 0 Å². The molecule has 0 saturated heterocycles. The van der Waals surface area contributed by atoms with Gasteiger partial charge in [0.05, 0.1) is 7.11 Å². The predicted molar refractivity (Wildman–Crippen MR) is 46.0 cm³/mol. The Labute approximate surface area is 75.8 Å². The van der Waals surface area contributed by atoms with Crippen molar-refractivity contribution in [3.05, 3.63) is 18.2 Å². The fraction of sp³-hybridized carbons (Fsp3) is 0.143. The highest BCUT2D eigenvalue weighted by atomic mass is 32.2. The van der Waals surface area contributed by atoms with Crippen molar-refractivity contribution in [3.8, 4) is 11.5 Å². The zero-order valence-corrected chi connectivity index (χ0v) is 7.71. The van der Waals surface area contributed by atoms with Crippen molar-refractivity contribution in [1.82, 2.24) is 0 Å². The molecule has 72 valence electrons. The van der Waals surface area contributed by atoms with E-state index in [0.29, 0.717) is 0 Å². The number of aromatic hydroxyl groups is 1. The molecule has 0 bridgehead atoms. The maximum Gasteiger partial charge on any atom is 0.241 e. The first-order chi connectivity index (χ1) is 5.96. The van der Waals surface area contributed by atoms with Crippen LogP contribution in [0.25, 0.3) is 0 Å². The number of hydrogen-bond acceptors (Lipinski definition) is 4. The summed E-state index contributed by atoms with van der Waals surface area (Å²) in [4.78, 5) is -0.227. The quantitative estimate of drug-likeness (QED) is 0.710. The highest BCUT2D eigenvalue weighted by Crippen LogP contribution is 2.31. The summed E-state index contributed by atoms with van der Waals surface area (Å²) in [6.45, 7) is 0. The van der Waals surface area contributed by atoms with Gasteiger partial charge in [0, 0.05) is 0 Å². The second-order valence-electron chi connectivity index (χ2n) is 2.35. The van der Waals surface area contributed by atoms with Crippen molar-refractivity contribution in [2.24, 2.45) is 5.14 Å². The number of benzene rings is 1. The number of phenols is 1. The Morgan fingerprint density at radius 1 is 1.46 bits per heavy atom. The number of phenolic OH excluding ortho intramolecular Hbond substituents is 1. The topological polar surface area (TPSA) is 89.6 Å². The summed E-state index contributed by atoms with van der Waals surface area (Å²) in [5, 5.41) is 14.1. The fourth-order valence-electron chi connectivity index (χ4n) is 0.933. The first-order valence-electron chi connectivity index (χ1n) is 3.35. The highest BCUT2D eigenvalue weighted by molar-refractivity contribution is 7.89. The van der Waals surface area contributed by atoms with Gasteiger partial charge >= 0.3 is 0 Å². The lowest BCUT2D eigenvalue weighted by Gasteiger charge is -2.07. The number of nitrogens with two attached hydrogens (primary N) is 1. The standard InChI is InChI=1S/C7H9NO4S/c1-12-7-5(9)3-2-4-6(7)13(8,10)11/h2-4,9H,1H3,(H2,8,10,11). The zero-order valence-electron chi connectivity index (χ0n) is 6.89. The first-order valence-corrected chi connectivity index (χ1v) is 4.90. The third-order valence-electron chi connectivity index (χ3n) is 1.47. The number of methoxy groups -OCH3 is 1. The van der Waals surface area contributed by atoms with Crippen LogP contribution in [0, 0.1) is 0 Å². The average Bonchev–Trinajstić information content (AvgIpc) is 2.02. The SMILES string of the molecule is COc1c(O)cccc1S(N)(=O)=O. The molecule has 0 saturated carbocycles. The first kappa shape index (κ1) is 9.82. The maximum absolute atomic E-state index is 11.0. The maximum atomic E-state index is 11.0. The lowest BCUT2D eigenvalue weighted by Crippen LogP contribution is -2.13. The van der Waals surface area contributed by atoms with Gasteiger partial charge in [-0.2, -0.15) is 0 Å². The Hall–Kier alpha value is -1.27. The minimum atomic E-state index is -3.85. The van der Waals surface area contributed by atoms with E-state index in [0.717, 1.165) is 0 Å². The van der Waals surface area contributed by atoms with Gasteiger partial charge in [0.25, 0.3) is 0 Å². The van der Waals surface area contributed by atoms with E-state index in [9.17, 15) is 13.5 Å². The molecule has 6 heteroatoms. The van der Waals surface area contributed by atoms with Crippen LogP contribution in [0.5, 0.6) is 11.5 Å². The Morgan fingerprint density at radius 3 is 2.46 bits per heavy atom. The van der Waals surface area contributed by atoms with Crippen LogP contribution in [0.15, 0.2) is 23.1 Å². The molecule has 0 amide bonds. The number of hydrogen-bond donors (Lipinski definition) is 2. The van der Waals surface area contributed by atoms with Crippen molar-refractivity contribution in [3.63, 3.8) is 0 Å². The van der Waals surface area contributed by atoms with Gasteiger partial charge < -0.3 is 9.84 Å². The summed E-state index contributed by atoms with van der Waals surface area (Å²) in [5.74, 6) is -0.390. The Bertz CT molecular complexity index is 413. The van der Waals surface area contributed by atoms with Gasteiger partial charge in [-0.3, -0.25) is 0 Å². The molecule has 0 aliphatic carbocycles. The third-order valence-corrected chi connectivity index (χ3v) is 2.40. The monoisotopic (exact) mass is 203 g/mol. The molecule has 3 N–H and O–H groups in total. The summed E-state index contributed by atoms with van der Waals surface area (Å²) in [6, 6.07) is 3.94. The van der Waals surface area contributed by atoms with Crippen LogP contribution >= 0.6 is 0 Å². The van der Waals surface area contributed by atoms with E-state index in [1.807, 2.05) is 0 Å². The van der Waals surface area contributed by atoms with Crippen molar-refractivity contribution in [1.29, 1.82) is 0 Å². The van der Waals surface area contributed by atoms with Crippen molar-refractivity contribution in [2.75, 3.05) is 7.11 Å². The molecule has 0 fully saturated rings. The van der Waals surface area contributed by atoms with E-state index >= 15 is 0 Å². The molecule has 0 aliphatic rings. The van der Waals surface area contributed by atoms with E-state index in [1.165, 1.54) is 25.3 Å². The third kappa shape index (κ3) is 1.90.